The van der Waals surface area contributed by atoms with Gasteiger partial charge in [0.25, 0.3) is 0 Å². The second-order valence-electron chi connectivity index (χ2n) is 4.27. The fourth-order valence-electron chi connectivity index (χ4n) is 1.60. The maximum Gasteiger partial charge on any atom is 0.108 e. The normalized spacial score (nSPS) is 17.7. The third-order valence-electron chi connectivity index (χ3n) is 2.66. The van der Waals surface area contributed by atoms with Gasteiger partial charge in [0, 0.05) is 21.7 Å². The first-order chi connectivity index (χ1) is 8.60. The number of thioether (sulfide) groups is 1. The highest BCUT2D eigenvalue weighted by Gasteiger charge is 2.14. The summed E-state index contributed by atoms with van der Waals surface area (Å²) in [4.78, 5) is 5.53. The zero-order valence-corrected chi connectivity index (χ0v) is 11.5. The van der Waals surface area contributed by atoms with E-state index >= 15 is 0 Å². The molecule has 0 aromatic heterocycles. The number of hydrogen-bond donors (Lipinski definition) is 0. The monoisotopic (exact) mass is 254 g/mol. The summed E-state index contributed by atoms with van der Waals surface area (Å²) in [7, 11) is 0. The molecule has 2 nitrogen and oxygen atoms in total. The molecule has 0 saturated carbocycles. The van der Waals surface area contributed by atoms with Crippen molar-refractivity contribution in [3.05, 3.63) is 57.6 Å². The van der Waals surface area contributed by atoms with Crippen molar-refractivity contribution >= 4 is 16.8 Å². The second kappa shape index (κ2) is 5.24. The lowest BCUT2D eigenvalue weighted by atomic mass is 10.2. The lowest BCUT2D eigenvalue weighted by Crippen LogP contribution is -2.01. The van der Waals surface area contributed by atoms with E-state index in [9.17, 15) is 0 Å². The van der Waals surface area contributed by atoms with E-state index in [0.29, 0.717) is 0 Å². The molecule has 1 aromatic carbocycles. The first-order valence-corrected chi connectivity index (χ1v) is 6.54. The van der Waals surface area contributed by atoms with Crippen molar-refractivity contribution < 1.29 is 0 Å². The SMILES string of the molecule is CC1=CC(=C(C)C#N)SC(c2ccc(C)cc2)=N1. The molecule has 0 saturated heterocycles. The molecule has 0 spiro atoms. The van der Waals surface area contributed by atoms with Gasteiger partial charge < -0.3 is 0 Å². The van der Waals surface area contributed by atoms with E-state index in [1.165, 1.54) is 5.56 Å². The van der Waals surface area contributed by atoms with Gasteiger partial charge in [-0.2, -0.15) is 5.26 Å². The number of nitrogens with zero attached hydrogens (tertiary/aromatic N) is 2. The summed E-state index contributed by atoms with van der Waals surface area (Å²) in [6.07, 6.45) is 1.96. The Balaban J connectivity index is 2.40. The van der Waals surface area contributed by atoms with Crippen molar-refractivity contribution in [2.45, 2.75) is 20.8 Å². The molecular formula is C15H14N2S. The Hall–Kier alpha value is -1.79. The minimum absolute atomic E-state index is 0.735. The van der Waals surface area contributed by atoms with Crippen LogP contribution in [-0.4, -0.2) is 5.04 Å². The highest BCUT2D eigenvalue weighted by Crippen LogP contribution is 2.32. The van der Waals surface area contributed by atoms with Crippen LogP contribution in [0.25, 0.3) is 0 Å². The zero-order chi connectivity index (χ0) is 13.1. The van der Waals surface area contributed by atoms with Gasteiger partial charge in [0.05, 0.1) is 6.07 Å². The Kier molecular flexibility index (Phi) is 3.69. The number of hydrogen-bond acceptors (Lipinski definition) is 3. The Labute approximate surface area is 112 Å². The molecule has 1 aliphatic rings. The number of nitriles is 1. The van der Waals surface area contributed by atoms with Crippen LogP contribution in [0.1, 0.15) is 25.0 Å². The fraction of sp³-hybridized carbons (Fsp3) is 0.200. The number of aliphatic imine (C=N–C) groups is 1. The van der Waals surface area contributed by atoms with E-state index in [1.807, 2.05) is 19.9 Å². The molecule has 1 aliphatic heterocycles. The number of allylic oxidation sites excluding steroid dienone is 3. The largest absolute Gasteiger partial charge is 0.246 e. The van der Waals surface area contributed by atoms with Gasteiger partial charge in [0.15, 0.2) is 0 Å². The Morgan fingerprint density at radius 1 is 1.22 bits per heavy atom. The van der Waals surface area contributed by atoms with Crippen molar-refractivity contribution in [3.63, 3.8) is 0 Å². The summed E-state index contributed by atoms with van der Waals surface area (Å²) < 4.78 is 0. The molecule has 2 rings (SSSR count). The third-order valence-corrected chi connectivity index (χ3v) is 3.82. The second-order valence-corrected chi connectivity index (χ2v) is 5.30. The van der Waals surface area contributed by atoms with Crippen LogP contribution in [0.5, 0.6) is 0 Å². The van der Waals surface area contributed by atoms with E-state index in [0.717, 1.165) is 26.8 Å². The van der Waals surface area contributed by atoms with Gasteiger partial charge in [0.1, 0.15) is 5.04 Å². The minimum atomic E-state index is 0.735. The molecule has 3 heteroatoms. The maximum absolute atomic E-state index is 8.98. The van der Waals surface area contributed by atoms with Gasteiger partial charge in [-0.15, -0.1) is 0 Å². The molecule has 1 heterocycles. The van der Waals surface area contributed by atoms with Crippen LogP contribution in [0.15, 0.2) is 51.5 Å². The molecule has 90 valence electrons. The minimum Gasteiger partial charge on any atom is -0.246 e. The number of benzene rings is 1. The fourth-order valence-corrected chi connectivity index (χ4v) is 2.68. The van der Waals surface area contributed by atoms with Crippen molar-refractivity contribution in [2.24, 2.45) is 4.99 Å². The molecule has 0 aliphatic carbocycles. The van der Waals surface area contributed by atoms with Crippen LogP contribution >= 0.6 is 11.8 Å². The lowest BCUT2D eigenvalue weighted by molar-refractivity contribution is 1.29. The summed E-state index contributed by atoms with van der Waals surface area (Å²) in [6.45, 7) is 5.86. The third kappa shape index (κ3) is 2.72. The summed E-state index contributed by atoms with van der Waals surface area (Å²) in [6, 6.07) is 10.5. The van der Waals surface area contributed by atoms with E-state index in [2.05, 4.69) is 42.3 Å². The standard InChI is InChI=1S/C15H14N2S/c1-10-4-6-13(7-5-10)15-17-12(3)8-14(18-15)11(2)9-16/h4-8H,1-3H3. The molecular weight excluding hydrogens is 240 g/mol. The van der Waals surface area contributed by atoms with Crippen LogP contribution in [0.3, 0.4) is 0 Å². The van der Waals surface area contributed by atoms with Gasteiger partial charge in [0.2, 0.25) is 0 Å². The van der Waals surface area contributed by atoms with Gasteiger partial charge in [-0.25, -0.2) is 4.99 Å². The lowest BCUT2D eigenvalue weighted by Gasteiger charge is -2.13. The molecule has 18 heavy (non-hydrogen) atoms. The summed E-state index contributed by atoms with van der Waals surface area (Å²) in [5.74, 6) is 0. The first kappa shape index (κ1) is 12.7. The molecule has 0 fully saturated rings. The van der Waals surface area contributed by atoms with Gasteiger partial charge in [-0.3, -0.25) is 0 Å². The average molecular weight is 254 g/mol. The number of aryl methyl sites for hydroxylation is 1. The molecule has 0 bridgehead atoms. The van der Waals surface area contributed by atoms with Gasteiger partial charge >= 0.3 is 0 Å². The molecule has 0 N–H and O–H groups in total. The topological polar surface area (TPSA) is 36.1 Å². The van der Waals surface area contributed by atoms with Gasteiger partial charge in [-0.05, 0) is 26.8 Å². The highest BCUT2D eigenvalue weighted by molar-refractivity contribution is 8.17. The summed E-state index contributed by atoms with van der Waals surface area (Å²) in [5.41, 5.74) is 4.01. The van der Waals surface area contributed by atoms with Crippen LogP contribution in [0.2, 0.25) is 0 Å². The number of rotatable bonds is 1. The van der Waals surface area contributed by atoms with E-state index in [1.54, 1.807) is 11.8 Å². The Morgan fingerprint density at radius 2 is 1.89 bits per heavy atom. The Morgan fingerprint density at radius 3 is 2.50 bits per heavy atom. The van der Waals surface area contributed by atoms with Gasteiger partial charge in [-0.1, -0.05) is 41.6 Å². The predicted octanol–water partition coefficient (Wildman–Crippen LogP) is 4.19. The van der Waals surface area contributed by atoms with Crippen LogP contribution in [0.4, 0.5) is 0 Å². The average Bonchev–Trinajstić information content (AvgIpc) is 2.38. The molecule has 0 unspecified atom stereocenters. The van der Waals surface area contributed by atoms with E-state index in [-0.39, 0.29) is 0 Å². The summed E-state index contributed by atoms with van der Waals surface area (Å²) in [5, 5.41) is 9.93. The molecule has 1 aromatic rings. The summed E-state index contributed by atoms with van der Waals surface area (Å²) >= 11 is 1.56. The smallest absolute Gasteiger partial charge is 0.108 e. The first-order valence-electron chi connectivity index (χ1n) is 5.73. The zero-order valence-electron chi connectivity index (χ0n) is 10.7. The van der Waals surface area contributed by atoms with Crippen molar-refractivity contribution in [3.8, 4) is 6.07 Å². The predicted molar refractivity (Wildman–Crippen MR) is 77.4 cm³/mol. The Bertz CT molecular complexity index is 598. The van der Waals surface area contributed by atoms with E-state index < -0.39 is 0 Å². The highest BCUT2D eigenvalue weighted by atomic mass is 32.2. The van der Waals surface area contributed by atoms with Crippen LogP contribution in [-0.2, 0) is 0 Å². The quantitative estimate of drug-likeness (QED) is 0.704. The van der Waals surface area contributed by atoms with E-state index in [4.69, 9.17) is 5.26 Å². The van der Waals surface area contributed by atoms with Crippen molar-refractivity contribution in [1.29, 1.82) is 5.26 Å². The molecule has 0 amide bonds. The van der Waals surface area contributed by atoms with Crippen LogP contribution < -0.4 is 0 Å². The van der Waals surface area contributed by atoms with Crippen molar-refractivity contribution in [1.82, 2.24) is 0 Å². The maximum atomic E-state index is 8.98. The molecule has 0 radical (unpaired) electrons. The molecule has 0 atom stereocenters. The van der Waals surface area contributed by atoms with Crippen LogP contribution in [0, 0.1) is 18.3 Å². The van der Waals surface area contributed by atoms with Crippen molar-refractivity contribution in [2.75, 3.05) is 0 Å².